The lowest BCUT2D eigenvalue weighted by Crippen LogP contribution is -1.94. The first kappa shape index (κ1) is 11.3. The Balaban J connectivity index is 2.64. The third-order valence-corrected chi connectivity index (χ3v) is 2.69. The van der Waals surface area contributed by atoms with E-state index in [1.807, 2.05) is 0 Å². The van der Waals surface area contributed by atoms with Crippen LogP contribution in [-0.4, -0.2) is 9.97 Å². The van der Waals surface area contributed by atoms with E-state index in [0.29, 0.717) is 16.8 Å². The van der Waals surface area contributed by atoms with E-state index in [0.717, 1.165) is 0 Å². The molecule has 0 fully saturated rings. The van der Waals surface area contributed by atoms with Gasteiger partial charge in [-0.15, -0.1) is 0 Å². The Hall–Kier alpha value is -1.19. The highest BCUT2D eigenvalue weighted by Crippen LogP contribution is 2.27. The summed E-state index contributed by atoms with van der Waals surface area (Å²) in [6.45, 7) is 1.76. The number of halogens is 3. The largest absolute Gasteiger partial charge is 0.224 e. The van der Waals surface area contributed by atoms with Crippen LogP contribution in [0.2, 0.25) is 10.4 Å². The van der Waals surface area contributed by atoms with E-state index < -0.39 is 0 Å². The zero-order valence-electron chi connectivity index (χ0n) is 8.34. The fraction of sp³-hybridized carbons (Fsp3) is 0.0909. The van der Waals surface area contributed by atoms with Crippen molar-refractivity contribution in [1.82, 2.24) is 9.97 Å². The van der Waals surface area contributed by atoms with Crippen LogP contribution < -0.4 is 0 Å². The molecular formula is C11H7Cl2FN2. The van der Waals surface area contributed by atoms with Gasteiger partial charge in [0.1, 0.15) is 11.0 Å². The SMILES string of the molecule is Cc1c(Cl)nc(Cl)nc1-c1cccc(F)c1. The molecule has 0 spiro atoms. The Morgan fingerprint density at radius 1 is 1.19 bits per heavy atom. The van der Waals surface area contributed by atoms with Gasteiger partial charge in [-0.25, -0.2) is 14.4 Å². The van der Waals surface area contributed by atoms with Crippen molar-refractivity contribution < 1.29 is 4.39 Å². The molecule has 0 atom stereocenters. The van der Waals surface area contributed by atoms with Crippen LogP contribution in [0.15, 0.2) is 24.3 Å². The third-order valence-electron chi connectivity index (χ3n) is 2.16. The standard InChI is InChI=1S/C11H7Cl2FN2/c1-6-9(15-11(13)16-10(6)12)7-3-2-4-8(14)5-7/h2-5H,1H3. The van der Waals surface area contributed by atoms with Gasteiger partial charge in [0.15, 0.2) is 0 Å². The zero-order valence-corrected chi connectivity index (χ0v) is 9.85. The molecule has 2 nitrogen and oxygen atoms in total. The number of aromatic nitrogens is 2. The fourth-order valence-electron chi connectivity index (χ4n) is 1.38. The highest BCUT2D eigenvalue weighted by molar-refractivity contribution is 6.32. The number of rotatable bonds is 1. The van der Waals surface area contributed by atoms with E-state index in [1.54, 1.807) is 19.1 Å². The summed E-state index contributed by atoms with van der Waals surface area (Å²) >= 11 is 11.6. The topological polar surface area (TPSA) is 25.8 Å². The second-order valence-corrected chi connectivity index (χ2v) is 3.96. The van der Waals surface area contributed by atoms with E-state index in [9.17, 15) is 4.39 Å². The maximum absolute atomic E-state index is 13.1. The molecular weight excluding hydrogens is 250 g/mol. The van der Waals surface area contributed by atoms with Crippen LogP contribution >= 0.6 is 23.2 Å². The Morgan fingerprint density at radius 3 is 2.62 bits per heavy atom. The van der Waals surface area contributed by atoms with E-state index in [-0.39, 0.29) is 16.3 Å². The second kappa shape index (κ2) is 4.36. The van der Waals surface area contributed by atoms with Crippen LogP contribution in [0.4, 0.5) is 4.39 Å². The smallest absolute Gasteiger partial charge is 0.218 e. The van der Waals surface area contributed by atoms with E-state index in [2.05, 4.69) is 9.97 Å². The number of hydrogen-bond acceptors (Lipinski definition) is 2. The summed E-state index contributed by atoms with van der Waals surface area (Å²) in [6, 6.07) is 6.09. The molecule has 0 unspecified atom stereocenters. The van der Waals surface area contributed by atoms with Crippen molar-refractivity contribution in [1.29, 1.82) is 0 Å². The van der Waals surface area contributed by atoms with Gasteiger partial charge < -0.3 is 0 Å². The van der Waals surface area contributed by atoms with Crippen LogP contribution in [0, 0.1) is 12.7 Å². The molecule has 0 saturated heterocycles. The monoisotopic (exact) mass is 256 g/mol. The highest BCUT2D eigenvalue weighted by Gasteiger charge is 2.10. The number of benzene rings is 1. The van der Waals surface area contributed by atoms with E-state index in [1.165, 1.54) is 12.1 Å². The van der Waals surface area contributed by atoms with Crippen molar-refractivity contribution >= 4 is 23.2 Å². The van der Waals surface area contributed by atoms with Gasteiger partial charge in [0.2, 0.25) is 5.28 Å². The summed E-state index contributed by atoms with van der Waals surface area (Å²) in [6.07, 6.45) is 0. The molecule has 1 aromatic carbocycles. The third kappa shape index (κ3) is 2.15. The molecule has 82 valence electrons. The minimum atomic E-state index is -0.331. The van der Waals surface area contributed by atoms with Gasteiger partial charge in [0, 0.05) is 11.1 Å². The fourth-order valence-corrected chi connectivity index (χ4v) is 1.76. The summed E-state index contributed by atoms with van der Waals surface area (Å²) in [7, 11) is 0. The predicted octanol–water partition coefficient (Wildman–Crippen LogP) is 3.90. The van der Waals surface area contributed by atoms with Crippen LogP contribution in [0.1, 0.15) is 5.56 Å². The van der Waals surface area contributed by atoms with Crippen LogP contribution in [0.5, 0.6) is 0 Å². The van der Waals surface area contributed by atoms with Crippen molar-refractivity contribution in [2.24, 2.45) is 0 Å². The maximum atomic E-state index is 13.1. The van der Waals surface area contributed by atoms with Crippen molar-refractivity contribution in [2.45, 2.75) is 6.92 Å². The Morgan fingerprint density at radius 2 is 1.94 bits per heavy atom. The lowest BCUT2D eigenvalue weighted by Gasteiger charge is -2.06. The normalized spacial score (nSPS) is 10.5. The summed E-state index contributed by atoms with van der Waals surface area (Å²) in [5.41, 5.74) is 1.85. The molecule has 0 aliphatic carbocycles. The van der Waals surface area contributed by atoms with Crippen LogP contribution in [0.3, 0.4) is 0 Å². The van der Waals surface area contributed by atoms with Gasteiger partial charge in [-0.2, -0.15) is 0 Å². The van der Waals surface area contributed by atoms with Crippen molar-refractivity contribution in [3.05, 3.63) is 46.1 Å². The van der Waals surface area contributed by atoms with Crippen LogP contribution in [0.25, 0.3) is 11.3 Å². The predicted molar refractivity (Wildman–Crippen MR) is 62.2 cm³/mol. The van der Waals surface area contributed by atoms with Crippen molar-refractivity contribution in [3.8, 4) is 11.3 Å². The van der Waals surface area contributed by atoms with E-state index >= 15 is 0 Å². The van der Waals surface area contributed by atoms with Gasteiger partial charge in [-0.05, 0) is 30.7 Å². The number of hydrogen-bond donors (Lipinski definition) is 0. The molecule has 0 bridgehead atoms. The molecule has 5 heteroatoms. The molecule has 0 N–H and O–H groups in total. The molecule has 0 amide bonds. The summed E-state index contributed by atoms with van der Waals surface area (Å²) in [5, 5.41) is 0.328. The Kier molecular flexibility index (Phi) is 3.08. The first-order valence-corrected chi connectivity index (χ1v) is 5.29. The molecule has 0 saturated carbocycles. The summed E-state index contributed by atoms with van der Waals surface area (Å²) < 4.78 is 13.1. The summed E-state index contributed by atoms with van der Waals surface area (Å²) in [4.78, 5) is 7.86. The molecule has 0 aliphatic heterocycles. The molecule has 2 rings (SSSR count). The highest BCUT2D eigenvalue weighted by atomic mass is 35.5. The first-order valence-electron chi connectivity index (χ1n) is 4.53. The molecule has 16 heavy (non-hydrogen) atoms. The van der Waals surface area contributed by atoms with Crippen LogP contribution in [-0.2, 0) is 0 Å². The minimum Gasteiger partial charge on any atom is -0.218 e. The molecule has 0 radical (unpaired) electrons. The van der Waals surface area contributed by atoms with Gasteiger partial charge in [-0.1, -0.05) is 23.7 Å². The van der Waals surface area contributed by atoms with Crippen molar-refractivity contribution in [2.75, 3.05) is 0 Å². The first-order chi connectivity index (χ1) is 7.58. The van der Waals surface area contributed by atoms with Gasteiger partial charge >= 0.3 is 0 Å². The molecule has 1 heterocycles. The minimum absolute atomic E-state index is 0.0508. The maximum Gasteiger partial charge on any atom is 0.224 e. The molecule has 1 aromatic heterocycles. The van der Waals surface area contributed by atoms with Gasteiger partial charge in [0.05, 0.1) is 5.69 Å². The summed E-state index contributed by atoms with van der Waals surface area (Å²) in [5.74, 6) is -0.331. The molecule has 2 aromatic rings. The Labute approximate surface area is 102 Å². The second-order valence-electron chi connectivity index (χ2n) is 3.27. The average Bonchev–Trinajstić information content (AvgIpc) is 2.23. The quantitative estimate of drug-likeness (QED) is 0.572. The van der Waals surface area contributed by atoms with Gasteiger partial charge in [-0.3, -0.25) is 0 Å². The van der Waals surface area contributed by atoms with Crippen molar-refractivity contribution in [3.63, 3.8) is 0 Å². The Bertz CT molecular complexity index is 544. The molecule has 0 aliphatic rings. The zero-order chi connectivity index (χ0) is 11.7. The van der Waals surface area contributed by atoms with Gasteiger partial charge in [0.25, 0.3) is 0 Å². The average molecular weight is 257 g/mol. The number of nitrogens with zero attached hydrogens (tertiary/aromatic N) is 2. The lowest BCUT2D eigenvalue weighted by atomic mass is 10.1. The lowest BCUT2D eigenvalue weighted by molar-refractivity contribution is 0.628. The van der Waals surface area contributed by atoms with E-state index in [4.69, 9.17) is 23.2 Å².